The maximum absolute atomic E-state index is 4.34. The van der Waals surface area contributed by atoms with Crippen LogP contribution in [0.25, 0.3) is 0 Å². The van der Waals surface area contributed by atoms with E-state index in [-0.39, 0.29) is 0 Å². The van der Waals surface area contributed by atoms with Crippen LogP contribution in [0.3, 0.4) is 0 Å². The fourth-order valence-corrected chi connectivity index (χ4v) is 2.88. The van der Waals surface area contributed by atoms with Crippen LogP contribution >= 0.6 is 0 Å². The molecular formula is C21H30N4. The minimum atomic E-state index is 0.993. The van der Waals surface area contributed by atoms with Gasteiger partial charge in [0.1, 0.15) is 0 Å². The molecule has 0 bridgehead atoms. The summed E-state index contributed by atoms with van der Waals surface area (Å²) < 4.78 is 0. The molecule has 0 aromatic heterocycles. The summed E-state index contributed by atoms with van der Waals surface area (Å²) in [6.45, 7) is 12.8. The monoisotopic (exact) mass is 338 g/mol. The third-order valence-electron chi connectivity index (χ3n) is 4.42. The lowest BCUT2D eigenvalue weighted by Crippen LogP contribution is -2.21. The van der Waals surface area contributed by atoms with E-state index in [2.05, 4.69) is 96.6 Å². The quantitative estimate of drug-likeness (QED) is 0.525. The predicted octanol–water partition coefficient (Wildman–Crippen LogP) is 4.83. The minimum absolute atomic E-state index is 0.993. The normalized spacial score (nSPS) is 10.9. The van der Waals surface area contributed by atoms with E-state index < -0.39 is 0 Å². The summed E-state index contributed by atoms with van der Waals surface area (Å²) in [6.07, 6.45) is 1.85. The van der Waals surface area contributed by atoms with Crippen molar-refractivity contribution in [3.63, 3.8) is 0 Å². The number of hydrogen-bond acceptors (Lipinski definition) is 4. The van der Waals surface area contributed by atoms with Crippen LogP contribution in [0.5, 0.6) is 0 Å². The molecule has 0 aliphatic carbocycles. The summed E-state index contributed by atoms with van der Waals surface area (Å²) in [4.78, 5) is 4.65. The summed E-state index contributed by atoms with van der Waals surface area (Å²) in [5, 5.41) is 4.34. The van der Waals surface area contributed by atoms with Crippen molar-refractivity contribution in [1.29, 1.82) is 0 Å². The van der Waals surface area contributed by atoms with Crippen molar-refractivity contribution in [1.82, 2.24) is 0 Å². The van der Waals surface area contributed by atoms with Crippen molar-refractivity contribution in [2.24, 2.45) is 5.10 Å². The average molecular weight is 338 g/mol. The van der Waals surface area contributed by atoms with Crippen LogP contribution in [0, 0.1) is 0 Å². The highest BCUT2D eigenvalue weighted by molar-refractivity contribution is 5.81. The number of benzene rings is 2. The molecule has 2 rings (SSSR count). The molecule has 0 atom stereocenters. The number of nitrogens with zero attached hydrogens (tertiary/aromatic N) is 3. The van der Waals surface area contributed by atoms with E-state index in [1.54, 1.807) is 0 Å². The largest absolute Gasteiger partial charge is 0.372 e. The number of rotatable bonds is 9. The molecule has 4 nitrogen and oxygen atoms in total. The predicted molar refractivity (Wildman–Crippen MR) is 111 cm³/mol. The molecule has 0 radical (unpaired) electrons. The fourth-order valence-electron chi connectivity index (χ4n) is 2.88. The van der Waals surface area contributed by atoms with Gasteiger partial charge in [0.25, 0.3) is 0 Å². The first-order chi connectivity index (χ1) is 12.2. The van der Waals surface area contributed by atoms with Gasteiger partial charge >= 0.3 is 0 Å². The molecule has 2 aromatic carbocycles. The van der Waals surface area contributed by atoms with Gasteiger partial charge in [-0.3, -0.25) is 5.43 Å². The van der Waals surface area contributed by atoms with Gasteiger partial charge in [0.15, 0.2) is 0 Å². The van der Waals surface area contributed by atoms with Crippen LogP contribution in [0.4, 0.5) is 17.1 Å². The maximum atomic E-state index is 4.34. The van der Waals surface area contributed by atoms with E-state index >= 15 is 0 Å². The molecule has 1 N–H and O–H groups in total. The number of hydrogen-bond donors (Lipinski definition) is 1. The summed E-state index contributed by atoms with van der Waals surface area (Å²) in [5.41, 5.74) is 7.67. The van der Waals surface area contributed by atoms with Crippen molar-refractivity contribution in [2.45, 2.75) is 27.7 Å². The first-order valence-electron chi connectivity index (χ1n) is 9.20. The van der Waals surface area contributed by atoms with E-state index in [1.807, 2.05) is 6.21 Å². The minimum Gasteiger partial charge on any atom is -0.372 e. The van der Waals surface area contributed by atoms with Gasteiger partial charge in [0, 0.05) is 37.6 Å². The third-order valence-corrected chi connectivity index (χ3v) is 4.42. The van der Waals surface area contributed by atoms with Crippen LogP contribution in [-0.4, -0.2) is 32.4 Å². The van der Waals surface area contributed by atoms with Crippen molar-refractivity contribution >= 4 is 23.3 Å². The van der Waals surface area contributed by atoms with E-state index in [1.165, 1.54) is 11.4 Å². The van der Waals surface area contributed by atoms with Gasteiger partial charge in [0.05, 0.1) is 11.9 Å². The Kier molecular flexibility index (Phi) is 7.33. The molecule has 0 unspecified atom stereocenters. The van der Waals surface area contributed by atoms with Crippen LogP contribution in [0.2, 0.25) is 0 Å². The Balaban J connectivity index is 1.94. The molecule has 0 heterocycles. The average Bonchev–Trinajstić information content (AvgIpc) is 2.66. The third kappa shape index (κ3) is 5.24. The van der Waals surface area contributed by atoms with Gasteiger partial charge in [0.2, 0.25) is 0 Å². The van der Waals surface area contributed by atoms with Gasteiger partial charge in [-0.25, -0.2) is 0 Å². The number of anilines is 3. The fraction of sp³-hybridized carbons (Fsp3) is 0.381. The first kappa shape index (κ1) is 18.8. The molecular weight excluding hydrogens is 308 g/mol. The SMILES string of the molecule is CCN(CC)c1ccc(/C=N/Nc2ccc(N(CC)CC)cc2)cc1. The molecule has 0 saturated heterocycles. The van der Waals surface area contributed by atoms with Gasteiger partial charge in [-0.2, -0.15) is 5.10 Å². The zero-order valence-corrected chi connectivity index (χ0v) is 15.9. The molecule has 0 amide bonds. The lowest BCUT2D eigenvalue weighted by atomic mass is 10.2. The molecule has 0 spiro atoms. The van der Waals surface area contributed by atoms with Crippen LogP contribution in [0.15, 0.2) is 53.6 Å². The van der Waals surface area contributed by atoms with E-state index in [9.17, 15) is 0 Å². The Morgan fingerprint density at radius 2 is 1.16 bits per heavy atom. The summed E-state index contributed by atoms with van der Waals surface area (Å²) in [6, 6.07) is 16.9. The maximum Gasteiger partial charge on any atom is 0.0563 e. The zero-order valence-electron chi connectivity index (χ0n) is 15.9. The van der Waals surface area contributed by atoms with E-state index in [4.69, 9.17) is 0 Å². The lowest BCUT2D eigenvalue weighted by Gasteiger charge is -2.21. The molecule has 0 aliphatic heterocycles. The topological polar surface area (TPSA) is 30.9 Å². The second-order valence-electron chi connectivity index (χ2n) is 5.85. The standard InChI is InChI=1S/C21H30N4/c1-5-24(6-2)20-13-9-18(10-14-20)17-22-23-19-11-15-21(16-12-19)25(7-3)8-4/h9-17,23H,5-8H2,1-4H3/b22-17+. The highest BCUT2D eigenvalue weighted by Gasteiger charge is 2.01. The zero-order chi connectivity index (χ0) is 18.1. The molecule has 2 aromatic rings. The molecule has 4 heteroatoms. The highest BCUT2D eigenvalue weighted by atomic mass is 15.3. The van der Waals surface area contributed by atoms with Gasteiger partial charge in [-0.05, 0) is 69.7 Å². The van der Waals surface area contributed by atoms with Crippen molar-refractivity contribution in [2.75, 3.05) is 41.4 Å². The molecule has 0 saturated carbocycles. The lowest BCUT2D eigenvalue weighted by molar-refractivity contribution is 0.866. The Hall–Kier alpha value is -2.49. The van der Waals surface area contributed by atoms with Crippen molar-refractivity contribution in [3.05, 3.63) is 54.1 Å². The molecule has 0 aliphatic rings. The summed E-state index contributed by atoms with van der Waals surface area (Å²) in [5.74, 6) is 0. The highest BCUT2D eigenvalue weighted by Crippen LogP contribution is 2.18. The molecule has 134 valence electrons. The van der Waals surface area contributed by atoms with Gasteiger partial charge < -0.3 is 9.80 Å². The van der Waals surface area contributed by atoms with E-state index in [0.717, 1.165) is 37.4 Å². The second kappa shape index (κ2) is 9.72. The van der Waals surface area contributed by atoms with Crippen molar-refractivity contribution in [3.8, 4) is 0 Å². The summed E-state index contributed by atoms with van der Waals surface area (Å²) in [7, 11) is 0. The van der Waals surface area contributed by atoms with Crippen molar-refractivity contribution < 1.29 is 0 Å². The number of hydrazone groups is 1. The summed E-state index contributed by atoms with van der Waals surface area (Å²) >= 11 is 0. The first-order valence-corrected chi connectivity index (χ1v) is 9.20. The van der Waals surface area contributed by atoms with Gasteiger partial charge in [-0.15, -0.1) is 0 Å². The number of nitrogens with one attached hydrogen (secondary N) is 1. The van der Waals surface area contributed by atoms with E-state index in [0.29, 0.717) is 0 Å². The van der Waals surface area contributed by atoms with Gasteiger partial charge in [-0.1, -0.05) is 12.1 Å². The Morgan fingerprint density at radius 3 is 1.60 bits per heavy atom. The Labute approximate surface area is 152 Å². The molecule has 25 heavy (non-hydrogen) atoms. The Bertz CT molecular complexity index is 639. The molecule has 0 fully saturated rings. The Morgan fingerprint density at radius 1 is 0.720 bits per heavy atom. The smallest absolute Gasteiger partial charge is 0.0563 e. The van der Waals surface area contributed by atoms with Crippen LogP contribution < -0.4 is 15.2 Å². The second-order valence-corrected chi connectivity index (χ2v) is 5.85. The van der Waals surface area contributed by atoms with Crippen LogP contribution in [0.1, 0.15) is 33.3 Å². The van der Waals surface area contributed by atoms with Crippen LogP contribution in [-0.2, 0) is 0 Å².